The molecule has 1 heterocycles. The summed E-state index contributed by atoms with van der Waals surface area (Å²) in [5.74, 6) is 0. The molecular weight excluding hydrogens is 258 g/mol. The summed E-state index contributed by atoms with van der Waals surface area (Å²) in [6, 6.07) is 9.95. The molecule has 0 bridgehead atoms. The van der Waals surface area contributed by atoms with Crippen molar-refractivity contribution in [3.05, 3.63) is 52.8 Å². The van der Waals surface area contributed by atoms with E-state index >= 15 is 0 Å². The molecule has 100 valence electrons. The van der Waals surface area contributed by atoms with Crippen LogP contribution in [0, 0.1) is 6.92 Å². The largest absolute Gasteiger partial charge is 0.379 e. The van der Waals surface area contributed by atoms with Crippen LogP contribution in [0.1, 0.15) is 11.3 Å². The number of aryl methyl sites for hydroxylation is 1. The fraction of sp³-hybridized carbons (Fsp3) is 0.267. The molecule has 0 radical (unpaired) electrons. The molecule has 0 amide bonds. The van der Waals surface area contributed by atoms with E-state index in [4.69, 9.17) is 11.6 Å². The molecule has 1 N–H and O–H groups in total. The van der Waals surface area contributed by atoms with Gasteiger partial charge in [-0.05, 0) is 36.8 Å². The van der Waals surface area contributed by atoms with Gasteiger partial charge < -0.3 is 10.2 Å². The van der Waals surface area contributed by atoms with E-state index in [-0.39, 0.29) is 0 Å². The number of nitrogens with one attached hydrogen (secondary N) is 1. The lowest BCUT2D eigenvalue weighted by Crippen LogP contribution is -2.12. The predicted octanol–water partition coefficient (Wildman–Crippen LogP) is 3.72. The summed E-state index contributed by atoms with van der Waals surface area (Å²) in [6.07, 6.45) is 1.89. The van der Waals surface area contributed by atoms with Crippen LogP contribution < -0.4 is 10.2 Å². The SMILES string of the molecule is Cc1ccc(CNc2cc(Cl)ccc2N(C)C)cn1. The lowest BCUT2D eigenvalue weighted by molar-refractivity contribution is 1.07. The molecule has 19 heavy (non-hydrogen) atoms. The molecule has 0 spiro atoms. The maximum atomic E-state index is 6.05. The van der Waals surface area contributed by atoms with Gasteiger partial charge in [0.2, 0.25) is 0 Å². The second-order valence-corrected chi connectivity index (χ2v) is 5.15. The van der Waals surface area contributed by atoms with Crippen molar-refractivity contribution in [1.29, 1.82) is 0 Å². The molecule has 4 heteroatoms. The summed E-state index contributed by atoms with van der Waals surface area (Å²) in [7, 11) is 4.03. The number of pyridine rings is 1. The van der Waals surface area contributed by atoms with Crippen LogP contribution in [0.4, 0.5) is 11.4 Å². The van der Waals surface area contributed by atoms with Crippen LogP contribution in [0.25, 0.3) is 0 Å². The van der Waals surface area contributed by atoms with Crippen LogP contribution in [0.2, 0.25) is 5.02 Å². The highest BCUT2D eigenvalue weighted by Crippen LogP contribution is 2.28. The highest BCUT2D eigenvalue weighted by atomic mass is 35.5. The number of rotatable bonds is 4. The van der Waals surface area contributed by atoms with Crippen molar-refractivity contribution in [2.45, 2.75) is 13.5 Å². The molecule has 0 aliphatic carbocycles. The summed E-state index contributed by atoms with van der Waals surface area (Å²) < 4.78 is 0. The third kappa shape index (κ3) is 3.61. The number of hydrogen-bond acceptors (Lipinski definition) is 3. The number of aromatic nitrogens is 1. The minimum atomic E-state index is 0.731. The second-order valence-electron chi connectivity index (χ2n) is 4.72. The molecule has 0 aliphatic rings. The van der Waals surface area contributed by atoms with Crippen molar-refractivity contribution < 1.29 is 0 Å². The van der Waals surface area contributed by atoms with Gasteiger partial charge >= 0.3 is 0 Å². The van der Waals surface area contributed by atoms with E-state index in [0.29, 0.717) is 0 Å². The summed E-state index contributed by atoms with van der Waals surface area (Å²) in [5, 5.41) is 4.14. The minimum Gasteiger partial charge on any atom is -0.379 e. The van der Waals surface area contributed by atoms with Crippen LogP contribution in [-0.4, -0.2) is 19.1 Å². The first-order valence-corrected chi connectivity index (χ1v) is 6.56. The van der Waals surface area contributed by atoms with E-state index in [2.05, 4.69) is 21.3 Å². The maximum absolute atomic E-state index is 6.05. The predicted molar refractivity (Wildman–Crippen MR) is 82.1 cm³/mol. The molecule has 3 nitrogen and oxygen atoms in total. The molecule has 2 aromatic rings. The van der Waals surface area contributed by atoms with Gasteiger partial charge in [0.05, 0.1) is 11.4 Å². The average Bonchev–Trinajstić information content (AvgIpc) is 2.38. The van der Waals surface area contributed by atoms with Crippen LogP contribution in [0.3, 0.4) is 0 Å². The molecule has 0 fully saturated rings. The Morgan fingerprint density at radius 2 is 2.00 bits per heavy atom. The summed E-state index contributed by atoms with van der Waals surface area (Å²) in [6.45, 7) is 2.72. The Balaban J connectivity index is 2.14. The molecule has 0 unspecified atom stereocenters. The van der Waals surface area contributed by atoms with Gasteiger partial charge in [0.25, 0.3) is 0 Å². The van der Waals surface area contributed by atoms with Crippen LogP contribution in [0.5, 0.6) is 0 Å². The Morgan fingerprint density at radius 3 is 2.63 bits per heavy atom. The first-order valence-electron chi connectivity index (χ1n) is 6.18. The van der Waals surface area contributed by atoms with Crippen LogP contribution in [-0.2, 0) is 6.54 Å². The first-order chi connectivity index (χ1) is 9.06. The number of halogens is 1. The fourth-order valence-corrected chi connectivity index (χ4v) is 2.01. The van der Waals surface area contributed by atoms with Crippen molar-refractivity contribution in [3.8, 4) is 0 Å². The molecular formula is C15H18ClN3. The molecule has 0 saturated carbocycles. The molecule has 0 atom stereocenters. The van der Waals surface area contributed by atoms with Gasteiger partial charge in [-0.15, -0.1) is 0 Å². The number of anilines is 2. The summed E-state index contributed by atoms with van der Waals surface area (Å²) >= 11 is 6.05. The Hall–Kier alpha value is -1.74. The highest BCUT2D eigenvalue weighted by Gasteiger charge is 2.05. The molecule has 1 aromatic heterocycles. The lowest BCUT2D eigenvalue weighted by Gasteiger charge is -2.18. The van der Waals surface area contributed by atoms with Gasteiger partial charge in [-0.3, -0.25) is 4.98 Å². The van der Waals surface area contributed by atoms with Gasteiger partial charge in [-0.25, -0.2) is 0 Å². The number of benzene rings is 1. The Bertz CT molecular complexity index is 550. The minimum absolute atomic E-state index is 0.731. The van der Waals surface area contributed by atoms with Crippen LogP contribution >= 0.6 is 11.6 Å². The van der Waals surface area contributed by atoms with E-state index in [9.17, 15) is 0 Å². The van der Waals surface area contributed by atoms with Gasteiger partial charge in [0.1, 0.15) is 0 Å². The van der Waals surface area contributed by atoms with E-state index in [0.717, 1.165) is 34.2 Å². The van der Waals surface area contributed by atoms with Gasteiger partial charge in [-0.2, -0.15) is 0 Å². The topological polar surface area (TPSA) is 28.2 Å². The van der Waals surface area contributed by atoms with E-state index in [1.165, 1.54) is 0 Å². The standard InChI is InChI=1S/C15H18ClN3/c1-11-4-5-12(9-17-11)10-18-14-8-13(16)6-7-15(14)19(2)3/h4-9,18H,10H2,1-3H3. The van der Waals surface area contributed by atoms with Gasteiger partial charge in [0.15, 0.2) is 0 Å². The van der Waals surface area contributed by atoms with E-state index in [1.54, 1.807) is 0 Å². The summed E-state index contributed by atoms with van der Waals surface area (Å²) in [5.41, 5.74) is 4.32. The lowest BCUT2D eigenvalue weighted by atomic mass is 10.2. The Morgan fingerprint density at radius 1 is 1.21 bits per heavy atom. The molecule has 2 rings (SSSR count). The van der Waals surface area contributed by atoms with Crippen molar-refractivity contribution in [1.82, 2.24) is 4.98 Å². The molecule has 0 saturated heterocycles. The highest BCUT2D eigenvalue weighted by molar-refractivity contribution is 6.31. The number of hydrogen-bond donors (Lipinski definition) is 1. The van der Waals surface area contributed by atoms with Crippen LogP contribution in [0.15, 0.2) is 36.5 Å². The van der Waals surface area contributed by atoms with Crippen molar-refractivity contribution in [2.75, 3.05) is 24.3 Å². The number of nitrogens with zero attached hydrogens (tertiary/aromatic N) is 2. The third-order valence-electron chi connectivity index (χ3n) is 2.90. The van der Waals surface area contributed by atoms with Crippen molar-refractivity contribution in [2.24, 2.45) is 0 Å². The Kier molecular flexibility index (Phi) is 4.27. The zero-order valence-corrected chi connectivity index (χ0v) is 12.2. The summed E-state index contributed by atoms with van der Waals surface area (Å²) in [4.78, 5) is 6.35. The first kappa shape index (κ1) is 13.7. The van der Waals surface area contributed by atoms with Crippen molar-refractivity contribution >= 4 is 23.0 Å². The quantitative estimate of drug-likeness (QED) is 0.922. The van der Waals surface area contributed by atoms with Crippen molar-refractivity contribution in [3.63, 3.8) is 0 Å². The zero-order valence-electron chi connectivity index (χ0n) is 11.4. The maximum Gasteiger partial charge on any atom is 0.0597 e. The monoisotopic (exact) mass is 275 g/mol. The third-order valence-corrected chi connectivity index (χ3v) is 3.13. The average molecular weight is 276 g/mol. The van der Waals surface area contributed by atoms with Gasteiger partial charge in [0, 0.05) is 37.6 Å². The van der Waals surface area contributed by atoms with Gasteiger partial charge in [-0.1, -0.05) is 17.7 Å². The fourth-order valence-electron chi connectivity index (χ4n) is 1.84. The normalized spacial score (nSPS) is 10.3. The molecule has 0 aliphatic heterocycles. The zero-order chi connectivity index (χ0) is 13.8. The van der Waals surface area contributed by atoms with E-state index < -0.39 is 0 Å². The van der Waals surface area contributed by atoms with E-state index in [1.807, 2.05) is 51.5 Å². The Labute approximate surface area is 119 Å². The molecule has 1 aromatic carbocycles. The second kappa shape index (κ2) is 5.93. The smallest absolute Gasteiger partial charge is 0.0597 e.